The molecule has 0 aromatic rings. The molecule has 0 radical (unpaired) electrons. The van der Waals surface area contributed by atoms with Crippen LogP contribution in [0.4, 0.5) is 4.79 Å². The van der Waals surface area contributed by atoms with Crippen molar-refractivity contribution in [2.24, 2.45) is 5.41 Å². The largest absolute Gasteiger partial charge is 0.480 e. The lowest BCUT2D eigenvalue weighted by molar-refractivity contribution is -0.138. The molecule has 0 saturated carbocycles. The summed E-state index contributed by atoms with van der Waals surface area (Å²) in [5, 5.41) is 11.6. The van der Waals surface area contributed by atoms with Crippen molar-refractivity contribution in [2.75, 3.05) is 24.6 Å². The van der Waals surface area contributed by atoms with Gasteiger partial charge in [0.25, 0.3) is 0 Å². The SMILES string of the molecule is CCC(C)(C)CNC(=O)N(CC(=O)O)C1CCS(=O)(=O)C1. The monoisotopic (exact) mass is 320 g/mol. The third-order valence-electron chi connectivity index (χ3n) is 3.89. The Kier molecular flexibility index (Phi) is 5.61. The Morgan fingerprint density at radius 3 is 2.43 bits per heavy atom. The van der Waals surface area contributed by atoms with Crippen molar-refractivity contribution < 1.29 is 23.1 Å². The second-order valence-corrected chi connectivity index (χ2v) is 8.48. The van der Waals surface area contributed by atoms with Crippen LogP contribution in [0, 0.1) is 5.41 Å². The highest BCUT2D eigenvalue weighted by Crippen LogP contribution is 2.20. The van der Waals surface area contributed by atoms with Gasteiger partial charge in [0.1, 0.15) is 6.54 Å². The van der Waals surface area contributed by atoms with Crippen molar-refractivity contribution >= 4 is 21.8 Å². The predicted molar refractivity (Wildman–Crippen MR) is 78.9 cm³/mol. The summed E-state index contributed by atoms with van der Waals surface area (Å²) in [6.07, 6.45) is 1.16. The number of hydrogen-bond donors (Lipinski definition) is 2. The van der Waals surface area contributed by atoms with Crippen LogP contribution in [-0.4, -0.2) is 61.1 Å². The summed E-state index contributed by atoms with van der Waals surface area (Å²) in [4.78, 5) is 24.2. The molecule has 1 heterocycles. The van der Waals surface area contributed by atoms with Gasteiger partial charge in [-0.15, -0.1) is 0 Å². The standard InChI is InChI=1S/C13H24N2O5S/c1-4-13(2,3)9-14-12(18)15(7-11(16)17)10-5-6-21(19,20)8-10/h10H,4-9H2,1-3H3,(H,14,18)(H,16,17). The third-order valence-corrected chi connectivity index (χ3v) is 5.64. The van der Waals surface area contributed by atoms with Crippen LogP contribution in [0.1, 0.15) is 33.6 Å². The lowest BCUT2D eigenvalue weighted by atomic mass is 9.90. The van der Waals surface area contributed by atoms with Gasteiger partial charge in [0.15, 0.2) is 9.84 Å². The van der Waals surface area contributed by atoms with E-state index < -0.39 is 34.4 Å². The first-order valence-corrected chi connectivity index (χ1v) is 8.85. The first-order valence-electron chi connectivity index (χ1n) is 7.03. The molecular weight excluding hydrogens is 296 g/mol. The lowest BCUT2D eigenvalue weighted by Gasteiger charge is -2.29. The van der Waals surface area contributed by atoms with Gasteiger partial charge in [-0.3, -0.25) is 4.79 Å². The molecule has 0 aromatic heterocycles. The van der Waals surface area contributed by atoms with Crippen LogP contribution in [0.2, 0.25) is 0 Å². The maximum absolute atomic E-state index is 12.2. The number of carbonyl (C=O) groups excluding carboxylic acids is 1. The second kappa shape index (κ2) is 6.64. The molecule has 1 aliphatic heterocycles. The van der Waals surface area contributed by atoms with E-state index in [4.69, 9.17) is 5.11 Å². The number of urea groups is 1. The minimum absolute atomic E-state index is 0.00151. The Bertz CT molecular complexity index is 501. The van der Waals surface area contributed by atoms with E-state index in [1.54, 1.807) is 0 Å². The van der Waals surface area contributed by atoms with Gasteiger partial charge in [0, 0.05) is 12.6 Å². The summed E-state index contributed by atoms with van der Waals surface area (Å²) in [6.45, 7) is 5.92. The van der Waals surface area contributed by atoms with Crippen LogP contribution < -0.4 is 5.32 Å². The van der Waals surface area contributed by atoms with E-state index in [1.165, 1.54) is 0 Å². The predicted octanol–water partition coefficient (Wildman–Crippen LogP) is 0.706. The molecule has 122 valence electrons. The fourth-order valence-electron chi connectivity index (χ4n) is 2.08. The van der Waals surface area contributed by atoms with Crippen molar-refractivity contribution in [3.8, 4) is 0 Å². The quantitative estimate of drug-likeness (QED) is 0.750. The van der Waals surface area contributed by atoms with Crippen LogP contribution in [-0.2, 0) is 14.6 Å². The zero-order valence-corrected chi connectivity index (χ0v) is 13.6. The average molecular weight is 320 g/mol. The summed E-state index contributed by atoms with van der Waals surface area (Å²) >= 11 is 0. The summed E-state index contributed by atoms with van der Waals surface area (Å²) in [6, 6.07) is -1.07. The summed E-state index contributed by atoms with van der Waals surface area (Å²) < 4.78 is 23.0. The molecule has 1 atom stereocenters. The first-order chi connectivity index (χ1) is 9.56. The normalized spacial score (nSPS) is 21.0. The van der Waals surface area contributed by atoms with Crippen molar-refractivity contribution in [3.05, 3.63) is 0 Å². The van der Waals surface area contributed by atoms with E-state index in [9.17, 15) is 18.0 Å². The Balaban J connectivity index is 2.74. The van der Waals surface area contributed by atoms with Crippen LogP contribution in [0.5, 0.6) is 0 Å². The number of sulfone groups is 1. The van der Waals surface area contributed by atoms with Gasteiger partial charge in [-0.25, -0.2) is 13.2 Å². The molecular formula is C13H24N2O5S. The van der Waals surface area contributed by atoms with Gasteiger partial charge in [0.05, 0.1) is 11.5 Å². The minimum Gasteiger partial charge on any atom is -0.480 e. The average Bonchev–Trinajstić information content (AvgIpc) is 2.73. The molecule has 21 heavy (non-hydrogen) atoms. The number of amides is 2. The van der Waals surface area contributed by atoms with E-state index in [-0.39, 0.29) is 16.9 Å². The fourth-order valence-corrected chi connectivity index (χ4v) is 3.81. The number of aliphatic carboxylic acids is 1. The fraction of sp³-hybridized carbons (Fsp3) is 0.846. The van der Waals surface area contributed by atoms with E-state index in [0.717, 1.165) is 11.3 Å². The number of nitrogens with one attached hydrogen (secondary N) is 1. The molecule has 0 bridgehead atoms. The summed E-state index contributed by atoms with van der Waals surface area (Å²) in [7, 11) is -3.17. The van der Waals surface area contributed by atoms with E-state index in [2.05, 4.69) is 5.32 Å². The molecule has 1 saturated heterocycles. The number of hydrogen-bond acceptors (Lipinski definition) is 4. The smallest absolute Gasteiger partial charge is 0.323 e. The van der Waals surface area contributed by atoms with Gasteiger partial charge < -0.3 is 15.3 Å². The van der Waals surface area contributed by atoms with Crippen molar-refractivity contribution in [1.82, 2.24) is 10.2 Å². The van der Waals surface area contributed by atoms with Crippen molar-refractivity contribution in [2.45, 2.75) is 39.7 Å². The Labute approximate surface area is 125 Å². The van der Waals surface area contributed by atoms with Gasteiger partial charge in [-0.2, -0.15) is 0 Å². The molecule has 0 spiro atoms. The van der Waals surface area contributed by atoms with Crippen LogP contribution in [0.3, 0.4) is 0 Å². The number of carboxylic acid groups (broad SMARTS) is 1. The third kappa shape index (κ3) is 5.53. The molecule has 1 rings (SSSR count). The zero-order chi connectivity index (χ0) is 16.3. The summed E-state index contributed by atoms with van der Waals surface area (Å²) in [5.74, 6) is -1.31. The van der Waals surface area contributed by atoms with E-state index in [1.807, 2.05) is 20.8 Å². The molecule has 1 unspecified atom stereocenters. The highest BCUT2D eigenvalue weighted by molar-refractivity contribution is 7.91. The van der Waals surface area contributed by atoms with Gasteiger partial charge in [0.2, 0.25) is 0 Å². The molecule has 2 amide bonds. The topological polar surface area (TPSA) is 104 Å². The van der Waals surface area contributed by atoms with E-state index in [0.29, 0.717) is 13.0 Å². The van der Waals surface area contributed by atoms with Crippen molar-refractivity contribution in [1.29, 1.82) is 0 Å². The highest BCUT2D eigenvalue weighted by atomic mass is 32.2. The molecule has 1 aliphatic rings. The van der Waals surface area contributed by atoms with Crippen LogP contribution >= 0.6 is 0 Å². The molecule has 0 aromatic carbocycles. The van der Waals surface area contributed by atoms with Gasteiger partial charge >= 0.3 is 12.0 Å². The molecule has 2 N–H and O–H groups in total. The first kappa shape index (κ1) is 17.7. The van der Waals surface area contributed by atoms with Crippen molar-refractivity contribution in [3.63, 3.8) is 0 Å². The number of carbonyl (C=O) groups is 2. The van der Waals surface area contributed by atoms with Crippen LogP contribution in [0.25, 0.3) is 0 Å². The second-order valence-electron chi connectivity index (χ2n) is 6.25. The van der Waals surface area contributed by atoms with Gasteiger partial charge in [-0.1, -0.05) is 20.8 Å². The lowest BCUT2D eigenvalue weighted by Crippen LogP contribution is -2.50. The van der Waals surface area contributed by atoms with Crippen LogP contribution in [0.15, 0.2) is 0 Å². The minimum atomic E-state index is -3.17. The maximum atomic E-state index is 12.2. The number of rotatable bonds is 6. The molecule has 7 nitrogen and oxygen atoms in total. The number of carboxylic acids is 1. The molecule has 8 heteroatoms. The van der Waals surface area contributed by atoms with Gasteiger partial charge in [-0.05, 0) is 18.3 Å². The molecule has 0 aliphatic carbocycles. The summed E-state index contributed by atoms with van der Waals surface area (Å²) in [5.41, 5.74) is -0.0910. The maximum Gasteiger partial charge on any atom is 0.323 e. The number of nitrogens with zero attached hydrogens (tertiary/aromatic N) is 1. The van der Waals surface area contributed by atoms with E-state index >= 15 is 0 Å². The Morgan fingerprint density at radius 2 is 2.00 bits per heavy atom. The Hall–Kier alpha value is -1.31. The Morgan fingerprint density at radius 1 is 1.38 bits per heavy atom. The zero-order valence-electron chi connectivity index (χ0n) is 12.8. The molecule has 1 fully saturated rings. The highest BCUT2D eigenvalue weighted by Gasteiger charge is 2.35.